The van der Waals surface area contributed by atoms with E-state index >= 15 is 0 Å². The van der Waals surface area contributed by atoms with E-state index in [0.29, 0.717) is 23.1 Å². The first kappa shape index (κ1) is 20.6. The molecule has 6 nitrogen and oxygen atoms in total. The van der Waals surface area contributed by atoms with Gasteiger partial charge in [-0.2, -0.15) is 0 Å². The number of benzene rings is 2. The number of nitrogens with one attached hydrogen (secondary N) is 1. The maximum atomic E-state index is 12.9. The Morgan fingerprint density at radius 2 is 1.63 bits per heavy atom. The summed E-state index contributed by atoms with van der Waals surface area (Å²) in [6.45, 7) is 6.19. The Morgan fingerprint density at radius 1 is 1.00 bits per heavy atom. The monoisotopic (exact) mass is 406 g/mol. The summed E-state index contributed by atoms with van der Waals surface area (Å²) in [6.07, 6.45) is 0.951. The number of hydrogen-bond acceptors (Lipinski definition) is 4. The lowest BCUT2D eigenvalue weighted by atomic mass is 10.0. The zero-order chi connectivity index (χ0) is 21.1. The summed E-state index contributed by atoms with van der Waals surface area (Å²) >= 11 is 0. The van der Waals surface area contributed by atoms with Gasteiger partial charge in [-0.1, -0.05) is 30.3 Å². The van der Waals surface area contributed by atoms with Crippen LogP contribution >= 0.6 is 0 Å². The van der Waals surface area contributed by atoms with Crippen molar-refractivity contribution in [1.82, 2.24) is 9.80 Å². The first-order valence-electron chi connectivity index (χ1n) is 10.7. The molecule has 2 aromatic carbocycles. The highest BCUT2D eigenvalue weighted by atomic mass is 16.2. The van der Waals surface area contributed by atoms with E-state index < -0.39 is 0 Å². The summed E-state index contributed by atoms with van der Waals surface area (Å²) in [6, 6.07) is 17.5. The van der Waals surface area contributed by atoms with Gasteiger partial charge in [-0.25, -0.2) is 0 Å². The lowest BCUT2D eigenvalue weighted by Gasteiger charge is -2.23. The summed E-state index contributed by atoms with van der Waals surface area (Å²) in [5.74, 6) is 1.05. The smallest absolute Gasteiger partial charge is 0.253 e. The number of hydrogen-bond donors (Lipinski definition) is 2. The second-order valence-electron chi connectivity index (χ2n) is 8.55. The van der Waals surface area contributed by atoms with Crippen LogP contribution in [0.5, 0.6) is 0 Å². The highest BCUT2D eigenvalue weighted by Crippen LogP contribution is 2.32. The first-order chi connectivity index (χ1) is 14.5. The van der Waals surface area contributed by atoms with Gasteiger partial charge in [0, 0.05) is 50.4 Å². The number of nitrogens with zero attached hydrogens (tertiary/aromatic N) is 2. The maximum absolute atomic E-state index is 12.9. The Labute approximate surface area is 178 Å². The minimum absolute atomic E-state index is 0.0742. The van der Waals surface area contributed by atoms with Crippen molar-refractivity contribution >= 4 is 17.5 Å². The van der Waals surface area contributed by atoms with Crippen molar-refractivity contribution in [3.63, 3.8) is 0 Å². The van der Waals surface area contributed by atoms with Crippen LogP contribution in [-0.4, -0.2) is 54.3 Å². The van der Waals surface area contributed by atoms with E-state index in [1.807, 2.05) is 23.1 Å². The second kappa shape index (κ2) is 8.98. The largest absolute Gasteiger partial charge is 0.338 e. The summed E-state index contributed by atoms with van der Waals surface area (Å²) in [4.78, 5) is 28.5. The number of carbonyl (C=O) groups is 2. The molecule has 2 unspecified atom stereocenters. The number of likely N-dealkylation sites (tertiary alicyclic amines) is 2. The van der Waals surface area contributed by atoms with Crippen LogP contribution in [0.2, 0.25) is 0 Å². The fourth-order valence-electron chi connectivity index (χ4n) is 4.71. The number of rotatable bonds is 6. The molecule has 4 rings (SSSR count). The maximum Gasteiger partial charge on any atom is 0.253 e. The number of nitrogens with two attached hydrogens (primary N) is 1. The molecule has 158 valence electrons. The second-order valence-corrected chi connectivity index (χ2v) is 8.55. The summed E-state index contributed by atoms with van der Waals surface area (Å²) in [7, 11) is 0. The average molecular weight is 407 g/mol. The molecule has 2 heterocycles. The van der Waals surface area contributed by atoms with Crippen LogP contribution in [0.4, 0.5) is 5.69 Å². The van der Waals surface area contributed by atoms with E-state index in [-0.39, 0.29) is 17.9 Å². The predicted octanol–water partition coefficient (Wildman–Crippen LogP) is 2.74. The van der Waals surface area contributed by atoms with Crippen LogP contribution in [0.3, 0.4) is 0 Å². The SMILES string of the molecule is CC(=O)Nc1ccc(C(=O)N2CC3CN(CC[C@H](N)c4ccccc4)CC3C2)cc1. The standard InChI is InChI=1S/C24H30N4O2/c1-17(29)26-22-9-7-19(8-10-22)24(30)28-15-20-13-27(14-21(20)16-28)12-11-23(25)18-5-3-2-4-6-18/h2-10,20-21,23H,11-16,25H2,1H3,(H,26,29)/t20?,21?,23-/m0/s1. The summed E-state index contributed by atoms with van der Waals surface area (Å²) in [5.41, 5.74) is 8.93. The van der Waals surface area contributed by atoms with Gasteiger partial charge in [0.25, 0.3) is 5.91 Å². The molecule has 2 aliphatic rings. The third kappa shape index (κ3) is 4.71. The molecule has 6 heteroatoms. The lowest BCUT2D eigenvalue weighted by molar-refractivity contribution is -0.114. The number of carbonyl (C=O) groups excluding carboxylic acids is 2. The zero-order valence-corrected chi connectivity index (χ0v) is 17.5. The van der Waals surface area contributed by atoms with Crippen molar-refractivity contribution in [1.29, 1.82) is 0 Å². The highest BCUT2D eigenvalue weighted by molar-refractivity contribution is 5.95. The average Bonchev–Trinajstić information content (AvgIpc) is 3.31. The molecule has 0 aliphatic carbocycles. The molecule has 0 radical (unpaired) electrons. The fraction of sp³-hybridized carbons (Fsp3) is 0.417. The Balaban J connectivity index is 1.26. The Kier molecular flexibility index (Phi) is 6.16. The van der Waals surface area contributed by atoms with Gasteiger partial charge in [0.05, 0.1) is 0 Å². The van der Waals surface area contributed by atoms with Crippen molar-refractivity contribution < 1.29 is 9.59 Å². The topological polar surface area (TPSA) is 78.7 Å². The van der Waals surface area contributed by atoms with E-state index in [1.54, 1.807) is 24.3 Å². The molecule has 3 N–H and O–H groups in total. The van der Waals surface area contributed by atoms with Gasteiger partial charge in [-0.05, 0) is 54.6 Å². The molecule has 2 fully saturated rings. The van der Waals surface area contributed by atoms with Crippen LogP contribution in [-0.2, 0) is 4.79 Å². The van der Waals surface area contributed by atoms with Crippen molar-refractivity contribution in [2.45, 2.75) is 19.4 Å². The van der Waals surface area contributed by atoms with Gasteiger partial charge in [0.15, 0.2) is 0 Å². The molecule has 0 spiro atoms. The van der Waals surface area contributed by atoms with Crippen molar-refractivity contribution in [2.24, 2.45) is 17.6 Å². The van der Waals surface area contributed by atoms with E-state index in [4.69, 9.17) is 5.73 Å². The van der Waals surface area contributed by atoms with E-state index in [1.165, 1.54) is 12.5 Å². The lowest BCUT2D eigenvalue weighted by Crippen LogP contribution is -2.34. The molecule has 2 aliphatic heterocycles. The van der Waals surface area contributed by atoms with Gasteiger partial charge in [0.2, 0.25) is 5.91 Å². The molecule has 0 saturated carbocycles. The molecule has 0 bridgehead atoms. The van der Waals surface area contributed by atoms with Crippen molar-refractivity contribution in [2.75, 3.05) is 38.0 Å². The molecule has 2 saturated heterocycles. The summed E-state index contributed by atoms with van der Waals surface area (Å²) in [5, 5.41) is 2.73. The number of amides is 2. The van der Waals surface area contributed by atoms with Crippen LogP contribution < -0.4 is 11.1 Å². The molecule has 2 amide bonds. The van der Waals surface area contributed by atoms with Gasteiger partial charge in [-0.3, -0.25) is 9.59 Å². The molecule has 2 aromatic rings. The Morgan fingerprint density at radius 3 is 2.23 bits per heavy atom. The van der Waals surface area contributed by atoms with Crippen LogP contribution in [0.25, 0.3) is 0 Å². The Bertz CT molecular complexity index is 870. The highest BCUT2D eigenvalue weighted by Gasteiger charge is 2.41. The molecule has 30 heavy (non-hydrogen) atoms. The first-order valence-corrected chi connectivity index (χ1v) is 10.7. The minimum atomic E-state index is -0.115. The molecular weight excluding hydrogens is 376 g/mol. The summed E-state index contributed by atoms with van der Waals surface area (Å²) < 4.78 is 0. The third-order valence-electron chi connectivity index (χ3n) is 6.29. The fourth-order valence-corrected chi connectivity index (χ4v) is 4.71. The van der Waals surface area contributed by atoms with Crippen LogP contribution in [0.1, 0.15) is 35.3 Å². The zero-order valence-electron chi connectivity index (χ0n) is 17.5. The van der Waals surface area contributed by atoms with Crippen molar-refractivity contribution in [3.05, 3.63) is 65.7 Å². The van der Waals surface area contributed by atoms with E-state index in [2.05, 4.69) is 22.3 Å². The van der Waals surface area contributed by atoms with Gasteiger partial charge >= 0.3 is 0 Å². The van der Waals surface area contributed by atoms with Gasteiger partial charge in [-0.15, -0.1) is 0 Å². The van der Waals surface area contributed by atoms with E-state index in [0.717, 1.165) is 39.1 Å². The van der Waals surface area contributed by atoms with Gasteiger partial charge in [0.1, 0.15) is 0 Å². The van der Waals surface area contributed by atoms with E-state index in [9.17, 15) is 9.59 Å². The quantitative estimate of drug-likeness (QED) is 0.773. The molecular formula is C24H30N4O2. The molecule has 0 aromatic heterocycles. The third-order valence-corrected chi connectivity index (χ3v) is 6.29. The van der Waals surface area contributed by atoms with Crippen LogP contribution in [0.15, 0.2) is 54.6 Å². The number of anilines is 1. The predicted molar refractivity (Wildman–Crippen MR) is 118 cm³/mol. The van der Waals surface area contributed by atoms with Crippen molar-refractivity contribution in [3.8, 4) is 0 Å². The van der Waals surface area contributed by atoms with Crippen LogP contribution in [0, 0.1) is 11.8 Å². The minimum Gasteiger partial charge on any atom is -0.338 e. The molecule has 3 atom stereocenters. The number of fused-ring (bicyclic) bond motifs is 1. The normalized spacial score (nSPS) is 22.0. The van der Waals surface area contributed by atoms with Gasteiger partial charge < -0.3 is 20.9 Å². The Hall–Kier alpha value is -2.70.